The van der Waals surface area contributed by atoms with Gasteiger partial charge >= 0.3 is 5.97 Å². The molecule has 1 rings (SSSR count). The first-order chi connectivity index (χ1) is 7.64. The predicted octanol–water partition coefficient (Wildman–Crippen LogP) is 2.54. The highest BCUT2D eigenvalue weighted by Gasteiger charge is 2.29. The zero-order chi connectivity index (χ0) is 13.4. The molecule has 0 saturated heterocycles. The molecule has 0 aliphatic heterocycles. The van der Waals surface area contributed by atoms with Gasteiger partial charge in [0.2, 0.25) is 0 Å². The van der Waals surface area contributed by atoms with E-state index < -0.39 is 11.9 Å². The highest BCUT2D eigenvalue weighted by atomic mass is 16.4. The number of aromatic nitrogens is 2. The Kier molecular flexibility index (Phi) is 3.65. The molecular weight excluding hydrogens is 216 g/mol. The molecule has 0 amide bonds. The van der Waals surface area contributed by atoms with Crippen LogP contribution >= 0.6 is 0 Å². The molecule has 0 spiro atoms. The van der Waals surface area contributed by atoms with Gasteiger partial charge < -0.3 is 5.11 Å². The monoisotopic (exact) mass is 238 g/mol. The summed E-state index contributed by atoms with van der Waals surface area (Å²) >= 11 is 0. The largest absolute Gasteiger partial charge is 0.481 e. The SMILES string of the molecule is CC(C)C(C(=O)O)c1cc(C(C)(C)C)nn1C. The maximum Gasteiger partial charge on any atom is 0.312 e. The lowest BCUT2D eigenvalue weighted by Gasteiger charge is -2.16. The van der Waals surface area contributed by atoms with Crippen LogP contribution in [0.3, 0.4) is 0 Å². The summed E-state index contributed by atoms with van der Waals surface area (Å²) < 4.78 is 1.69. The standard InChI is InChI=1S/C13H22N2O2/c1-8(2)11(12(16)17)9-7-10(13(3,4)5)14-15(9)6/h7-8,11H,1-6H3,(H,16,17). The topological polar surface area (TPSA) is 55.1 Å². The van der Waals surface area contributed by atoms with Crippen LogP contribution < -0.4 is 0 Å². The van der Waals surface area contributed by atoms with Crippen molar-refractivity contribution in [2.24, 2.45) is 13.0 Å². The summed E-state index contributed by atoms with van der Waals surface area (Å²) in [5.41, 5.74) is 1.65. The van der Waals surface area contributed by atoms with E-state index in [1.807, 2.05) is 27.0 Å². The average Bonchev–Trinajstić information content (AvgIpc) is 2.46. The molecule has 0 aliphatic carbocycles. The van der Waals surface area contributed by atoms with E-state index in [2.05, 4.69) is 25.9 Å². The molecule has 1 N–H and O–H groups in total. The molecule has 1 aromatic rings. The van der Waals surface area contributed by atoms with Gasteiger partial charge in [-0.25, -0.2) is 0 Å². The van der Waals surface area contributed by atoms with Gasteiger partial charge in [0.1, 0.15) is 5.92 Å². The van der Waals surface area contributed by atoms with E-state index in [4.69, 9.17) is 0 Å². The molecule has 0 bridgehead atoms. The molecule has 1 heterocycles. The minimum absolute atomic E-state index is 0.0516. The van der Waals surface area contributed by atoms with E-state index in [9.17, 15) is 9.90 Å². The van der Waals surface area contributed by atoms with Gasteiger partial charge in [-0.2, -0.15) is 5.10 Å². The fourth-order valence-electron chi connectivity index (χ4n) is 1.89. The molecule has 0 radical (unpaired) electrons. The second kappa shape index (κ2) is 4.51. The summed E-state index contributed by atoms with van der Waals surface area (Å²) in [5, 5.41) is 13.7. The second-order valence-corrected chi connectivity index (χ2v) is 5.89. The predicted molar refractivity (Wildman–Crippen MR) is 67.1 cm³/mol. The van der Waals surface area contributed by atoms with Crippen LogP contribution in [-0.2, 0) is 17.3 Å². The Hall–Kier alpha value is -1.32. The number of carboxylic acid groups (broad SMARTS) is 1. The lowest BCUT2D eigenvalue weighted by molar-refractivity contribution is -0.140. The molecule has 4 nitrogen and oxygen atoms in total. The van der Waals surface area contributed by atoms with Crippen LogP contribution in [0.2, 0.25) is 0 Å². The molecular formula is C13H22N2O2. The van der Waals surface area contributed by atoms with Crippen LogP contribution in [0.25, 0.3) is 0 Å². The maximum atomic E-state index is 11.3. The number of hydrogen-bond donors (Lipinski definition) is 1. The minimum Gasteiger partial charge on any atom is -0.481 e. The molecule has 0 aromatic carbocycles. The molecule has 1 aromatic heterocycles. The summed E-state index contributed by atoms with van der Waals surface area (Å²) in [5.74, 6) is -1.23. The lowest BCUT2D eigenvalue weighted by Crippen LogP contribution is -2.20. The van der Waals surface area contributed by atoms with E-state index in [1.165, 1.54) is 0 Å². The van der Waals surface area contributed by atoms with Crippen LogP contribution in [0.15, 0.2) is 6.07 Å². The third-order valence-corrected chi connectivity index (χ3v) is 2.94. The van der Waals surface area contributed by atoms with Crippen LogP contribution in [0.1, 0.15) is 51.9 Å². The lowest BCUT2D eigenvalue weighted by atomic mass is 9.88. The number of aryl methyl sites for hydroxylation is 1. The molecule has 4 heteroatoms. The maximum absolute atomic E-state index is 11.3. The van der Waals surface area contributed by atoms with Gasteiger partial charge in [-0.1, -0.05) is 34.6 Å². The average molecular weight is 238 g/mol. The van der Waals surface area contributed by atoms with Crippen molar-refractivity contribution in [3.8, 4) is 0 Å². The van der Waals surface area contributed by atoms with Crippen LogP contribution in [0, 0.1) is 5.92 Å². The zero-order valence-corrected chi connectivity index (χ0v) is 11.5. The Bertz CT molecular complexity index is 414. The highest BCUT2D eigenvalue weighted by molar-refractivity contribution is 5.75. The smallest absolute Gasteiger partial charge is 0.312 e. The number of carboxylic acids is 1. The summed E-state index contributed by atoms with van der Waals surface area (Å²) in [6.45, 7) is 10.1. The summed E-state index contributed by atoms with van der Waals surface area (Å²) in [6.07, 6.45) is 0. The first kappa shape index (κ1) is 13.7. The Morgan fingerprint density at radius 1 is 1.41 bits per heavy atom. The number of aliphatic carboxylic acids is 1. The summed E-state index contributed by atoms with van der Waals surface area (Å²) in [7, 11) is 1.81. The van der Waals surface area contributed by atoms with Crippen molar-refractivity contribution in [2.75, 3.05) is 0 Å². The second-order valence-electron chi connectivity index (χ2n) is 5.89. The Labute approximate surface area is 103 Å². The molecule has 1 atom stereocenters. The Morgan fingerprint density at radius 3 is 2.24 bits per heavy atom. The number of rotatable bonds is 3. The Balaban J connectivity index is 3.22. The van der Waals surface area contributed by atoms with Crippen molar-refractivity contribution >= 4 is 5.97 Å². The molecule has 0 saturated carbocycles. The minimum atomic E-state index is -0.788. The van der Waals surface area contributed by atoms with E-state index in [0.717, 1.165) is 11.4 Å². The zero-order valence-electron chi connectivity index (χ0n) is 11.5. The van der Waals surface area contributed by atoms with Crippen LogP contribution in [0.5, 0.6) is 0 Å². The number of nitrogens with zero attached hydrogens (tertiary/aromatic N) is 2. The third kappa shape index (κ3) is 2.87. The normalized spacial score (nSPS) is 14.1. The first-order valence-electron chi connectivity index (χ1n) is 5.91. The molecule has 0 aliphatic rings. The third-order valence-electron chi connectivity index (χ3n) is 2.94. The van der Waals surface area contributed by atoms with Crippen molar-refractivity contribution in [1.82, 2.24) is 9.78 Å². The fourth-order valence-corrected chi connectivity index (χ4v) is 1.89. The highest BCUT2D eigenvalue weighted by Crippen LogP contribution is 2.29. The van der Waals surface area contributed by atoms with Gasteiger partial charge in [-0.15, -0.1) is 0 Å². The van der Waals surface area contributed by atoms with Gasteiger partial charge in [0.15, 0.2) is 0 Å². The quantitative estimate of drug-likeness (QED) is 0.880. The van der Waals surface area contributed by atoms with Gasteiger partial charge in [0, 0.05) is 12.5 Å². The van der Waals surface area contributed by atoms with E-state index in [0.29, 0.717) is 0 Å². The van der Waals surface area contributed by atoms with E-state index in [-0.39, 0.29) is 11.3 Å². The number of hydrogen-bond acceptors (Lipinski definition) is 2. The molecule has 0 fully saturated rings. The van der Waals surface area contributed by atoms with Gasteiger partial charge in [0.25, 0.3) is 0 Å². The van der Waals surface area contributed by atoms with E-state index in [1.54, 1.807) is 4.68 Å². The summed E-state index contributed by atoms with van der Waals surface area (Å²) in [6, 6.07) is 1.92. The molecule has 17 heavy (non-hydrogen) atoms. The van der Waals surface area contributed by atoms with Crippen LogP contribution in [0.4, 0.5) is 0 Å². The molecule has 96 valence electrons. The van der Waals surface area contributed by atoms with Gasteiger partial charge in [-0.3, -0.25) is 9.48 Å². The first-order valence-corrected chi connectivity index (χ1v) is 5.91. The van der Waals surface area contributed by atoms with Crippen LogP contribution in [-0.4, -0.2) is 20.9 Å². The van der Waals surface area contributed by atoms with Crippen molar-refractivity contribution in [3.63, 3.8) is 0 Å². The fraction of sp³-hybridized carbons (Fsp3) is 0.692. The number of carbonyl (C=O) groups is 1. The van der Waals surface area contributed by atoms with E-state index >= 15 is 0 Å². The van der Waals surface area contributed by atoms with Crippen molar-refractivity contribution in [3.05, 3.63) is 17.5 Å². The van der Waals surface area contributed by atoms with Crippen molar-refractivity contribution in [2.45, 2.75) is 46.0 Å². The van der Waals surface area contributed by atoms with Crippen molar-refractivity contribution < 1.29 is 9.90 Å². The Morgan fingerprint density at radius 2 is 1.94 bits per heavy atom. The van der Waals surface area contributed by atoms with Gasteiger partial charge in [0.05, 0.1) is 11.4 Å². The molecule has 1 unspecified atom stereocenters. The van der Waals surface area contributed by atoms with Crippen molar-refractivity contribution in [1.29, 1.82) is 0 Å². The summed E-state index contributed by atoms with van der Waals surface area (Å²) in [4.78, 5) is 11.3. The van der Waals surface area contributed by atoms with Gasteiger partial charge in [-0.05, 0) is 12.0 Å².